The zero-order valence-electron chi connectivity index (χ0n) is 14.5. The minimum absolute atomic E-state index is 0.0714. The van der Waals surface area contributed by atoms with Crippen molar-refractivity contribution < 1.29 is 4.79 Å². The van der Waals surface area contributed by atoms with Gasteiger partial charge in [-0.2, -0.15) is 0 Å². The molecule has 3 rings (SSSR count). The van der Waals surface area contributed by atoms with Crippen molar-refractivity contribution in [3.05, 3.63) is 29.8 Å². The predicted octanol–water partition coefficient (Wildman–Crippen LogP) is 3.28. The molecule has 1 amide bonds. The molecule has 1 atom stereocenters. The summed E-state index contributed by atoms with van der Waals surface area (Å²) in [5.41, 5.74) is 2.25. The Morgan fingerprint density at radius 2 is 2.21 bits per heavy atom. The maximum Gasteiger partial charge on any atom is 0.230 e. The van der Waals surface area contributed by atoms with Crippen LogP contribution in [0.15, 0.2) is 29.4 Å². The summed E-state index contributed by atoms with van der Waals surface area (Å²) in [5.74, 6) is 1.98. The number of hydrogen-bond acceptors (Lipinski definition) is 4. The van der Waals surface area contributed by atoms with Crippen LogP contribution in [-0.4, -0.2) is 32.5 Å². The lowest BCUT2D eigenvalue weighted by molar-refractivity contribution is -0.119. The van der Waals surface area contributed by atoms with Crippen LogP contribution in [0.1, 0.15) is 32.3 Å². The van der Waals surface area contributed by atoms with E-state index in [0.29, 0.717) is 11.7 Å². The van der Waals surface area contributed by atoms with Gasteiger partial charge in [0.15, 0.2) is 11.0 Å². The summed E-state index contributed by atoms with van der Waals surface area (Å²) >= 11 is 1.45. The molecule has 1 unspecified atom stereocenters. The summed E-state index contributed by atoms with van der Waals surface area (Å²) in [6.07, 6.45) is 2.47. The van der Waals surface area contributed by atoms with Gasteiger partial charge in [0.1, 0.15) is 0 Å². The van der Waals surface area contributed by atoms with Crippen molar-refractivity contribution in [3.8, 4) is 11.4 Å². The van der Waals surface area contributed by atoms with E-state index in [2.05, 4.69) is 53.0 Å². The smallest absolute Gasteiger partial charge is 0.230 e. The summed E-state index contributed by atoms with van der Waals surface area (Å²) < 4.78 is 2.07. The highest BCUT2D eigenvalue weighted by atomic mass is 32.2. The summed E-state index contributed by atoms with van der Waals surface area (Å²) in [5, 5.41) is 12.5. The number of aromatic nitrogens is 3. The quantitative estimate of drug-likeness (QED) is 0.783. The van der Waals surface area contributed by atoms with Crippen LogP contribution in [0.3, 0.4) is 0 Å². The molecule has 24 heavy (non-hydrogen) atoms. The zero-order chi connectivity index (χ0) is 17.1. The number of thioether (sulfide) groups is 1. The normalized spacial score (nSPS) is 15.3. The van der Waals surface area contributed by atoms with Gasteiger partial charge in [0.05, 0.1) is 5.75 Å². The van der Waals surface area contributed by atoms with E-state index in [1.54, 1.807) is 0 Å². The van der Waals surface area contributed by atoms with Crippen LogP contribution in [0.2, 0.25) is 0 Å². The number of nitrogens with zero attached hydrogens (tertiary/aromatic N) is 3. The van der Waals surface area contributed by atoms with Crippen molar-refractivity contribution >= 4 is 17.7 Å². The number of benzene rings is 1. The molecule has 1 aromatic carbocycles. The number of hydrogen-bond donors (Lipinski definition) is 1. The lowest BCUT2D eigenvalue weighted by Gasteiger charge is -2.12. The Hall–Kier alpha value is -1.82. The number of carbonyl (C=O) groups is 1. The Bertz CT molecular complexity index is 724. The maximum atomic E-state index is 12.1. The molecule has 1 saturated carbocycles. The van der Waals surface area contributed by atoms with Gasteiger partial charge in [-0.05, 0) is 45.6 Å². The fraction of sp³-hybridized carbons (Fsp3) is 0.500. The van der Waals surface area contributed by atoms with Gasteiger partial charge in [-0.25, -0.2) is 0 Å². The Kier molecular flexibility index (Phi) is 5.23. The van der Waals surface area contributed by atoms with Gasteiger partial charge in [0, 0.05) is 18.2 Å². The predicted molar refractivity (Wildman–Crippen MR) is 96.9 cm³/mol. The van der Waals surface area contributed by atoms with Gasteiger partial charge in [-0.15, -0.1) is 10.2 Å². The Labute approximate surface area is 147 Å². The van der Waals surface area contributed by atoms with Crippen LogP contribution in [-0.2, 0) is 11.3 Å². The lowest BCUT2D eigenvalue weighted by atomic mass is 10.1. The first-order chi connectivity index (χ1) is 11.6. The second kappa shape index (κ2) is 7.38. The second-order valence-electron chi connectivity index (χ2n) is 6.40. The lowest BCUT2D eigenvalue weighted by Crippen LogP contribution is -2.35. The Morgan fingerprint density at radius 1 is 1.42 bits per heavy atom. The molecule has 6 heteroatoms. The highest BCUT2D eigenvalue weighted by Gasteiger charge is 2.28. The molecule has 1 aliphatic carbocycles. The molecule has 1 aliphatic rings. The zero-order valence-corrected chi connectivity index (χ0v) is 15.3. The first-order valence-electron chi connectivity index (χ1n) is 8.51. The number of nitrogens with one attached hydrogen (secondary N) is 1. The van der Waals surface area contributed by atoms with Gasteiger partial charge in [0.2, 0.25) is 5.91 Å². The van der Waals surface area contributed by atoms with Gasteiger partial charge in [0.25, 0.3) is 0 Å². The van der Waals surface area contributed by atoms with E-state index in [1.807, 2.05) is 12.1 Å². The van der Waals surface area contributed by atoms with Crippen molar-refractivity contribution in [1.82, 2.24) is 20.1 Å². The number of rotatable bonds is 7. The van der Waals surface area contributed by atoms with E-state index >= 15 is 0 Å². The van der Waals surface area contributed by atoms with Crippen LogP contribution in [0, 0.1) is 12.8 Å². The fourth-order valence-electron chi connectivity index (χ4n) is 2.82. The van der Waals surface area contributed by atoms with Gasteiger partial charge >= 0.3 is 0 Å². The Balaban J connectivity index is 1.66. The molecule has 1 heterocycles. The molecule has 0 bridgehead atoms. The van der Waals surface area contributed by atoms with Crippen molar-refractivity contribution in [2.45, 2.75) is 51.4 Å². The van der Waals surface area contributed by atoms with Crippen molar-refractivity contribution in [3.63, 3.8) is 0 Å². The first-order valence-corrected chi connectivity index (χ1v) is 9.49. The molecule has 0 spiro atoms. The average Bonchev–Trinajstić information content (AvgIpc) is 3.33. The van der Waals surface area contributed by atoms with Crippen molar-refractivity contribution in [2.24, 2.45) is 5.92 Å². The summed E-state index contributed by atoms with van der Waals surface area (Å²) in [6, 6.07) is 8.52. The molecule has 2 aromatic rings. The van der Waals surface area contributed by atoms with E-state index in [4.69, 9.17) is 0 Å². The molecule has 1 aromatic heterocycles. The van der Waals surface area contributed by atoms with Crippen molar-refractivity contribution in [1.29, 1.82) is 0 Å². The SMILES string of the molecule is CCn1c(SCC(=O)NC(C)C2CC2)nnc1-c1cccc(C)c1. The van der Waals surface area contributed by atoms with Gasteiger partial charge < -0.3 is 9.88 Å². The highest BCUT2D eigenvalue weighted by molar-refractivity contribution is 7.99. The monoisotopic (exact) mass is 344 g/mol. The van der Waals surface area contributed by atoms with Crippen LogP contribution < -0.4 is 5.32 Å². The standard InChI is InChI=1S/C18H24N4OS/c1-4-22-17(15-7-5-6-12(2)10-15)20-21-18(22)24-11-16(23)19-13(3)14-8-9-14/h5-7,10,13-14H,4,8-9,11H2,1-3H3,(H,19,23). The molecule has 1 fully saturated rings. The first kappa shape index (κ1) is 17.0. The molecular weight excluding hydrogens is 320 g/mol. The molecule has 0 saturated heterocycles. The minimum Gasteiger partial charge on any atom is -0.353 e. The van der Waals surface area contributed by atoms with E-state index in [1.165, 1.54) is 30.2 Å². The largest absolute Gasteiger partial charge is 0.353 e. The van der Waals surface area contributed by atoms with Gasteiger partial charge in [-0.1, -0.05) is 35.5 Å². The van der Waals surface area contributed by atoms with Crippen LogP contribution >= 0.6 is 11.8 Å². The van der Waals surface area contributed by atoms with E-state index in [-0.39, 0.29) is 11.9 Å². The third kappa shape index (κ3) is 3.98. The third-order valence-corrected chi connectivity index (χ3v) is 5.33. The minimum atomic E-state index is 0.0714. The highest BCUT2D eigenvalue weighted by Crippen LogP contribution is 2.32. The Morgan fingerprint density at radius 3 is 2.88 bits per heavy atom. The van der Waals surface area contributed by atoms with E-state index in [9.17, 15) is 4.79 Å². The number of aryl methyl sites for hydroxylation is 1. The fourth-order valence-corrected chi connectivity index (χ4v) is 3.63. The van der Waals surface area contributed by atoms with Crippen molar-refractivity contribution in [2.75, 3.05) is 5.75 Å². The van der Waals surface area contributed by atoms with Crippen LogP contribution in [0.5, 0.6) is 0 Å². The molecule has 0 aliphatic heterocycles. The van der Waals surface area contributed by atoms with E-state index in [0.717, 1.165) is 23.1 Å². The number of carbonyl (C=O) groups excluding carboxylic acids is 1. The molecular formula is C18H24N4OS. The second-order valence-corrected chi connectivity index (χ2v) is 7.34. The molecule has 5 nitrogen and oxygen atoms in total. The third-order valence-electron chi connectivity index (χ3n) is 4.36. The molecule has 1 N–H and O–H groups in total. The van der Waals surface area contributed by atoms with E-state index < -0.39 is 0 Å². The van der Waals surface area contributed by atoms with Crippen LogP contribution in [0.25, 0.3) is 11.4 Å². The molecule has 0 radical (unpaired) electrons. The maximum absolute atomic E-state index is 12.1. The molecule has 128 valence electrons. The van der Waals surface area contributed by atoms with Crippen LogP contribution in [0.4, 0.5) is 0 Å². The summed E-state index contributed by atoms with van der Waals surface area (Å²) in [7, 11) is 0. The topological polar surface area (TPSA) is 59.8 Å². The summed E-state index contributed by atoms with van der Waals surface area (Å²) in [6.45, 7) is 7.00. The average molecular weight is 344 g/mol. The summed E-state index contributed by atoms with van der Waals surface area (Å²) in [4.78, 5) is 12.1. The number of amides is 1. The van der Waals surface area contributed by atoms with Gasteiger partial charge in [-0.3, -0.25) is 4.79 Å².